The number of primary amides is 1. The molecule has 0 spiro atoms. The molecule has 0 radical (unpaired) electrons. The minimum Gasteiger partial charge on any atom is -0.492 e. The number of hydrogen-bond acceptors (Lipinski definition) is 12. The first-order valence-electron chi connectivity index (χ1n) is 19.4. The molecule has 0 aromatic heterocycles. The maximum atomic E-state index is 12.8. The summed E-state index contributed by atoms with van der Waals surface area (Å²) in [5.74, 6) is -0.955. The van der Waals surface area contributed by atoms with Crippen molar-refractivity contribution in [1.82, 2.24) is 0 Å². The molecule has 4 aromatic carbocycles. The van der Waals surface area contributed by atoms with Crippen LogP contribution in [-0.4, -0.2) is 53.2 Å². The van der Waals surface area contributed by atoms with Crippen molar-refractivity contribution in [2.45, 2.75) is 91.6 Å². The number of benzene rings is 4. The third-order valence-corrected chi connectivity index (χ3v) is 7.70. The van der Waals surface area contributed by atoms with E-state index in [1.165, 1.54) is 24.3 Å². The predicted octanol–water partition coefficient (Wildman–Crippen LogP) is 8.72. The fraction of sp³-hybridized carbons (Fsp3) is 0.348. The van der Waals surface area contributed by atoms with Crippen molar-refractivity contribution >= 4 is 35.6 Å². The second-order valence-corrected chi connectivity index (χ2v) is 15.3. The summed E-state index contributed by atoms with van der Waals surface area (Å²) in [6.07, 6.45) is 4.00. The highest BCUT2D eigenvalue weighted by atomic mass is 16.6. The molecule has 0 saturated heterocycles. The van der Waals surface area contributed by atoms with Gasteiger partial charge in [-0.3, -0.25) is 24.5 Å². The molecule has 0 aliphatic carbocycles. The first-order chi connectivity index (χ1) is 28.4. The second kappa shape index (κ2) is 23.6. The van der Waals surface area contributed by atoms with Gasteiger partial charge in [-0.2, -0.15) is 0 Å². The second-order valence-electron chi connectivity index (χ2n) is 15.3. The molecule has 0 aliphatic heterocycles. The van der Waals surface area contributed by atoms with Crippen molar-refractivity contribution in [1.29, 1.82) is 0 Å². The minimum atomic E-state index is -0.647. The minimum absolute atomic E-state index is 0.0561. The van der Waals surface area contributed by atoms with Gasteiger partial charge in [0.2, 0.25) is 5.91 Å². The van der Waals surface area contributed by atoms with Gasteiger partial charge in [0.1, 0.15) is 35.7 Å². The Labute approximate surface area is 350 Å². The molecule has 0 saturated carbocycles. The van der Waals surface area contributed by atoms with E-state index in [0.29, 0.717) is 36.5 Å². The largest absolute Gasteiger partial charge is 0.492 e. The number of carbonyl (C=O) groups excluding carboxylic acids is 4. The molecule has 14 nitrogen and oxygen atoms in total. The third kappa shape index (κ3) is 18.7. The van der Waals surface area contributed by atoms with E-state index >= 15 is 0 Å². The Morgan fingerprint density at radius 2 is 1.22 bits per heavy atom. The standard InChI is InChI=1S/C34H32N2O8.C12H22O4/c35-32(37)19-16-27-14-9-15-30(43-23-25-10-3-1-4-11-25)33(27)42-21-8-7-20-41-31-22-28(36(39)40)17-18-29(31)34(38)44-24-26-12-5-2-6-13-26;1-11(2,3)15-9(13)7-8-10(14)16-12(4,5)6/h1-6,9-19,22H,7-8,20-21,23-24H2,(H2,35,37);7-8H2,1-6H3/b19-16+;. The molecular weight excluding hydrogens is 773 g/mol. The lowest BCUT2D eigenvalue weighted by Gasteiger charge is -2.21. The van der Waals surface area contributed by atoms with Crippen molar-refractivity contribution in [3.05, 3.63) is 136 Å². The first kappa shape index (κ1) is 47.7. The normalized spacial score (nSPS) is 11.1. The molecule has 0 fully saturated rings. The van der Waals surface area contributed by atoms with Gasteiger partial charge < -0.3 is 34.2 Å². The molecule has 4 aromatic rings. The van der Waals surface area contributed by atoms with Crippen LogP contribution < -0.4 is 19.9 Å². The van der Waals surface area contributed by atoms with Crippen LogP contribution in [0.3, 0.4) is 0 Å². The molecule has 320 valence electrons. The summed E-state index contributed by atoms with van der Waals surface area (Å²) in [6, 6.07) is 28.0. The molecular formula is C46H54N2O12. The Kier molecular flexibility index (Phi) is 18.8. The summed E-state index contributed by atoms with van der Waals surface area (Å²) in [7, 11) is 0. The molecule has 0 heterocycles. The highest BCUT2D eigenvalue weighted by Crippen LogP contribution is 2.33. The average Bonchev–Trinajstić information content (AvgIpc) is 3.19. The highest BCUT2D eigenvalue weighted by molar-refractivity contribution is 5.93. The molecule has 0 bridgehead atoms. The van der Waals surface area contributed by atoms with E-state index in [4.69, 9.17) is 34.2 Å². The number of rotatable bonds is 19. The fourth-order valence-corrected chi connectivity index (χ4v) is 5.10. The van der Waals surface area contributed by atoms with Crippen LogP contribution >= 0.6 is 0 Å². The van der Waals surface area contributed by atoms with Crippen LogP contribution in [0.5, 0.6) is 17.2 Å². The van der Waals surface area contributed by atoms with Gasteiger partial charge in [-0.25, -0.2) is 4.79 Å². The quantitative estimate of drug-likeness (QED) is 0.0236. The van der Waals surface area contributed by atoms with Crippen LogP contribution in [0.25, 0.3) is 6.08 Å². The van der Waals surface area contributed by atoms with Gasteiger partial charge in [-0.1, -0.05) is 72.8 Å². The molecule has 1 amide bonds. The van der Waals surface area contributed by atoms with E-state index in [1.54, 1.807) is 65.8 Å². The van der Waals surface area contributed by atoms with Crippen LogP contribution in [0.15, 0.2) is 103 Å². The van der Waals surface area contributed by atoms with E-state index < -0.39 is 28.0 Å². The Morgan fingerprint density at radius 3 is 1.75 bits per heavy atom. The number of esters is 3. The number of non-ortho nitro benzene ring substituents is 1. The smallest absolute Gasteiger partial charge is 0.342 e. The molecule has 14 heteroatoms. The number of hydrogen-bond donors (Lipinski definition) is 1. The SMILES string of the molecule is CC(C)(C)OC(=O)CCC(=O)OC(C)(C)C.NC(=O)/C=C/c1cccc(OCc2ccccc2)c1OCCCCOc1cc([N+](=O)[O-])ccc1C(=O)OCc1ccccc1. The zero-order valence-corrected chi connectivity index (χ0v) is 35.0. The average molecular weight is 827 g/mol. The lowest BCUT2D eigenvalue weighted by atomic mass is 10.1. The lowest BCUT2D eigenvalue weighted by molar-refractivity contribution is -0.384. The van der Waals surface area contributed by atoms with Crippen molar-refractivity contribution in [2.24, 2.45) is 5.73 Å². The number of amides is 1. The summed E-state index contributed by atoms with van der Waals surface area (Å²) < 4.78 is 33.5. The predicted molar refractivity (Wildman–Crippen MR) is 225 cm³/mol. The lowest BCUT2D eigenvalue weighted by Crippen LogP contribution is -2.26. The van der Waals surface area contributed by atoms with E-state index in [0.717, 1.165) is 11.1 Å². The molecule has 0 atom stereocenters. The van der Waals surface area contributed by atoms with Crippen LogP contribution in [-0.2, 0) is 41.8 Å². The summed E-state index contributed by atoms with van der Waals surface area (Å²) in [4.78, 5) is 57.5. The zero-order valence-electron chi connectivity index (χ0n) is 35.0. The van der Waals surface area contributed by atoms with Gasteiger partial charge in [0, 0.05) is 17.7 Å². The van der Waals surface area contributed by atoms with Crippen LogP contribution in [0, 0.1) is 10.1 Å². The van der Waals surface area contributed by atoms with Crippen LogP contribution in [0.4, 0.5) is 5.69 Å². The number of nitro groups is 1. The summed E-state index contributed by atoms with van der Waals surface area (Å²) >= 11 is 0. The van der Waals surface area contributed by atoms with E-state index in [1.807, 2.05) is 60.7 Å². The van der Waals surface area contributed by atoms with Gasteiger partial charge in [0.05, 0.1) is 37.0 Å². The number of nitrogens with two attached hydrogens (primary N) is 1. The van der Waals surface area contributed by atoms with Crippen LogP contribution in [0.1, 0.15) is 94.3 Å². The summed E-state index contributed by atoms with van der Waals surface area (Å²) in [6.45, 7) is 11.6. The van der Waals surface area contributed by atoms with E-state index in [-0.39, 0.29) is 61.6 Å². The van der Waals surface area contributed by atoms with Gasteiger partial charge in [-0.05, 0) is 83.7 Å². The Balaban J connectivity index is 0.000000508. The molecule has 2 N–H and O–H groups in total. The molecule has 4 rings (SSSR count). The van der Waals surface area contributed by atoms with Crippen molar-refractivity contribution in [2.75, 3.05) is 13.2 Å². The maximum absolute atomic E-state index is 12.8. The number of nitro benzene ring substituents is 1. The Morgan fingerprint density at radius 1 is 0.667 bits per heavy atom. The van der Waals surface area contributed by atoms with Crippen molar-refractivity contribution in [3.8, 4) is 17.2 Å². The number of nitrogens with zero attached hydrogens (tertiary/aromatic N) is 1. The molecule has 60 heavy (non-hydrogen) atoms. The summed E-state index contributed by atoms with van der Waals surface area (Å²) in [5, 5.41) is 11.3. The molecule has 0 aliphatic rings. The zero-order chi connectivity index (χ0) is 44.1. The Hall–Kier alpha value is -6.70. The third-order valence-electron chi connectivity index (χ3n) is 7.70. The van der Waals surface area contributed by atoms with Gasteiger partial charge >= 0.3 is 17.9 Å². The molecule has 0 unspecified atom stereocenters. The van der Waals surface area contributed by atoms with Gasteiger partial charge in [0.15, 0.2) is 11.5 Å². The highest BCUT2D eigenvalue weighted by Gasteiger charge is 2.21. The number of carbonyl (C=O) groups is 4. The first-order valence-corrected chi connectivity index (χ1v) is 19.4. The monoisotopic (exact) mass is 826 g/mol. The Bertz CT molecular complexity index is 2030. The van der Waals surface area contributed by atoms with E-state index in [9.17, 15) is 29.3 Å². The maximum Gasteiger partial charge on any atom is 0.342 e. The number of para-hydroxylation sites is 1. The van der Waals surface area contributed by atoms with Crippen LogP contribution in [0.2, 0.25) is 0 Å². The topological polar surface area (TPSA) is 193 Å². The van der Waals surface area contributed by atoms with Crippen molar-refractivity contribution < 1.29 is 52.5 Å². The van der Waals surface area contributed by atoms with Gasteiger partial charge in [-0.15, -0.1) is 0 Å². The summed E-state index contributed by atoms with van der Waals surface area (Å²) in [5.41, 5.74) is 6.58. The number of ether oxygens (including phenoxy) is 6. The number of unbranched alkanes of at least 4 members (excludes halogenated alkanes) is 1. The van der Waals surface area contributed by atoms with Gasteiger partial charge in [0.25, 0.3) is 5.69 Å². The fourth-order valence-electron chi connectivity index (χ4n) is 5.10. The van der Waals surface area contributed by atoms with E-state index in [2.05, 4.69) is 0 Å². The van der Waals surface area contributed by atoms with Crippen molar-refractivity contribution in [3.63, 3.8) is 0 Å².